The van der Waals surface area contributed by atoms with Crippen molar-refractivity contribution >= 4 is 65.8 Å². The highest BCUT2D eigenvalue weighted by atomic mass is 16.3. The number of furan rings is 3. The molecule has 266 valence electrons. The van der Waals surface area contributed by atoms with Crippen LogP contribution in [0.25, 0.3) is 122 Å². The fourth-order valence-corrected chi connectivity index (χ4v) is 8.36. The van der Waals surface area contributed by atoms with E-state index in [1.165, 1.54) is 0 Å². The van der Waals surface area contributed by atoms with Crippen molar-refractivity contribution < 1.29 is 13.3 Å². The van der Waals surface area contributed by atoms with Crippen LogP contribution in [0.3, 0.4) is 0 Å². The monoisotopic (exact) mass is 731 g/mol. The number of hydrogen-bond donors (Lipinski definition) is 0. The molecule has 0 atom stereocenters. The Balaban J connectivity index is 0.992. The van der Waals surface area contributed by atoms with Gasteiger partial charge in [0.1, 0.15) is 33.5 Å². The second-order valence-electron chi connectivity index (χ2n) is 14.3. The summed E-state index contributed by atoms with van der Waals surface area (Å²) in [6, 6.07) is 59.9. The predicted octanol–water partition coefficient (Wildman–Crippen LogP) is 13.9. The zero-order valence-corrected chi connectivity index (χ0v) is 30.3. The van der Waals surface area contributed by atoms with Gasteiger partial charge in [-0.15, -0.1) is 0 Å². The maximum atomic E-state index is 6.66. The van der Waals surface area contributed by atoms with E-state index in [2.05, 4.69) is 84.9 Å². The van der Waals surface area contributed by atoms with E-state index in [1.807, 2.05) is 91.0 Å². The molecule has 12 aromatic rings. The second kappa shape index (κ2) is 12.3. The third kappa shape index (κ3) is 5.01. The summed E-state index contributed by atoms with van der Waals surface area (Å²) in [6.45, 7) is 0. The summed E-state index contributed by atoms with van der Waals surface area (Å²) in [5.74, 6) is 1.72. The molecule has 0 saturated heterocycles. The molecule has 0 amide bonds. The van der Waals surface area contributed by atoms with Crippen molar-refractivity contribution in [2.45, 2.75) is 0 Å². The zero-order chi connectivity index (χ0) is 37.5. The van der Waals surface area contributed by atoms with Gasteiger partial charge in [-0.25, -0.2) is 15.0 Å². The Kier molecular flexibility index (Phi) is 6.83. The van der Waals surface area contributed by atoms with Gasteiger partial charge >= 0.3 is 0 Å². The molecule has 4 aromatic heterocycles. The molecular formula is C51H29N3O3. The third-order valence-corrected chi connectivity index (χ3v) is 11.0. The lowest BCUT2D eigenvalue weighted by Gasteiger charge is -2.11. The van der Waals surface area contributed by atoms with Gasteiger partial charge in [0, 0.05) is 49.0 Å². The molecule has 12 rings (SSSR count). The molecule has 6 nitrogen and oxygen atoms in total. The summed E-state index contributed by atoms with van der Waals surface area (Å²) < 4.78 is 19.1. The van der Waals surface area contributed by atoms with Crippen LogP contribution in [0.1, 0.15) is 0 Å². The topological polar surface area (TPSA) is 78.1 Å². The van der Waals surface area contributed by atoms with E-state index in [4.69, 9.17) is 28.2 Å². The highest BCUT2D eigenvalue weighted by Gasteiger charge is 2.20. The molecule has 0 spiro atoms. The van der Waals surface area contributed by atoms with Gasteiger partial charge in [0.15, 0.2) is 17.5 Å². The van der Waals surface area contributed by atoms with Gasteiger partial charge in [-0.3, -0.25) is 0 Å². The first-order chi connectivity index (χ1) is 28.2. The fourth-order valence-electron chi connectivity index (χ4n) is 8.36. The van der Waals surface area contributed by atoms with E-state index in [9.17, 15) is 0 Å². The molecule has 0 radical (unpaired) electrons. The van der Waals surface area contributed by atoms with Crippen molar-refractivity contribution in [3.05, 3.63) is 176 Å². The van der Waals surface area contributed by atoms with Gasteiger partial charge < -0.3 is 13.3 Å². The minimum absolute atomic E-state index is 0.557. The Morgan fingerprint density at radius 3 is 1.44 bits per heavy atom. The minimum atomic E-state index is 0.557. The lowest BCUT2D eigenvalue weighted by Crippen LogP contribution is -2.00. The van der Waals surface area contributed by atoms with Crippen molar-refractivity contribution in [3.8, 4) is 56.4 Å². The van der Waals surface area contributed by atoms with E-state index >= 15 is 0 Å². The van der Waals surface area contributed by atoms with E-state index < -0.39 is 0 Å². The van der Waals surface area contributed by atoms with Crippen LogP contribution in [0.4, 0.5) is 0 Å². The van der Waals surface area contributed by atoms with Gasteiger partial charge in [0.2, 0.25) is 0 Å². The highest BCUT2D eigenvalue weighted by molar-refractivity contribution is 6.14. The molecule has 0 unspecified atom stereocenters. The number of nitrogens with zero attached hydrogens (tertiary/aromatic N) is 3. The van der Waals surface area contributed by atoms with Crippen LogP contribution >= 0.6 is 0 Å². The number of aromatic nitrogens is 3. The minimum Gasteiger partial charge on any atom is -0.456 e. The summed E-state index contributed by atoms with van der Waals surface area (Å²) in [6.07, 6.45) is 0. The van der Waals surface area contributed by atoms with Gasteiger partial charge in [-0.05, 0) is 70.8 Å². The lowest BCUT2D eigenvalue weighted by atomic mass is 9.91. The molecular weight excluding hydrogens is 703 g/mol. The van der Waals surface area contributed by atoms with Crippen molar-refractivity contribution in [1.29, 1.82) is 0 Å². The lowest BCUT2D eigenvalue weighted by molar-refractivity contribution is 0.668. The van der Waals surface area contributed by atoms with Crippen LogP contribution in [0.5, 0.6) is 0 Å². The largest absolute Gasteiger partial charge is 0.456 e. The van der Waals surface area contributed by atoms with Crippen LogP contribution in [0, 0.1) is 0 Å². The average Bonchev–Trinajstić information content (AvgIpc) is 3.97. The molecule has 57 heavy (non-hydrogen) atoms. The number of benzene rings is 8. The van der Waals surface area contributed by atoms with E-state index in [1.54, 1.807) is 0 Å². The maximum absolute atomic E-state index is 6.66. The maximum Gasteiger partial charge on any atom is 0.164 e. The number of para-hydroxylation sites is 2. The Morgan fingerprint density at radius 1 is 0.263 bits per heavy atom. The van der Waals surface area contributed by atoms with Crippen LogP contribution < -0.4 is 0 Å². The smallest absolute Gasteiger partial charge is 0.164 e. The first kappa shape index (κ1) is 31.5. The Labute approximate surface area is 325 Å². The van der Waals surface area contributed by atoms with Crippen molar-refractivity contribution in [2.75, 3.05) is 0 Å². The van der Waals surface area contributed by atoms with Crippen LogP contribution in [-0.4, -0.2) is 15.0 Å². The molecule has 0 aliphatic heterocycles. The Morgan fingerprint density at radius 2 is 0.737 bits per heavy atom. The molecule has 8 aromatic carbocycles. The SMILES string of the molecule is c1ccc(-c2nc(-c3ccc4c(c3)oc3cc(-c5ccccc5-c5cccc6oc7ccccc7c56)ccc34)nc(-c3cccc4oc5ccccc5c34)n2)cc1. The highest BCUT2D eigenvalue weighted by Crippen LogP contribution is 2.42. The second-order valence-corrected chi connectivity index (χ2v) is 14.3. The van der Waals surface area contributed by atoms with Gasteiger partial charge in [0.25, 0.3) is 0 Å². The number of rotatable bonds is 5. The molecule has 6 heteroatoms. The molecule has 0 fully saturated rings. The first-order valence-corrected chi connectivity index (χ1v) is 18.9. The molecule has 0 saturated carbocycles. The quantitative estimate of drug-likeness (QED) is 0.175. The van der Waals surface area contributed by atoms with E-state index in [0.717, 1.165) is 105 Å². The molecule has 0 N–H and O–H groups in total. The van der Waals surface area contributed by atoms with E-state index in [0.29, 0.717) is 17.5 Å². The average molecular weight is 732 g/mol. The summed E-state index contributed by atoms with van der Waals surface area (Å²) in [7, 11) is 0. The van der Waals surface area contributed by atoms with Gasteiger partial charge in [-0.2, -0.15) is 0 Å². The summed E-state index contributed by atoms with van der Waals surface area (Å²) in [4.78, 5) is 15.2. The first-order valence-electron chi connectivity index (χ1n) is 18.9. The summed E-state index contributed by atoms with van der Waals surface area (Å²) in [5, 5.41) is 6.28. The number of hydrogen-bond acceptors (Lipinski definition) is 6. The fraction of sp³-hybridized carbons (Fsp3) is 0. The van der Waals surface area contributed by atoms with Crippen molar-refractivity contribution in [2.24, 2.45) is 0 Å². The van der Waals surface area contributed by atoms with E-state index in [-0.39, 0.29) is 0 Å². The zero-order valence-electron chi connectivity index (χ0n) is 30.3. The number of fused-ring (bicyclic) bond motifs is 9. The predicted molar refractivity (Wildman–Crippen MR) is 229 cm³/mol. The third-order valence-electron chi connectivity index (χ3n) is 11.0. The Bertz CT molecular complexity index is 3540. The van der Waals surface area contributed by atoms with Crippen molar-refractivity contribution in [3.63, 3.8) is 0 Å². The Hall–Kier alpha value is -7.83. The van der Waals surface area contributed by atoms with Crippen molar-refractivity contribution in [1.82, 2.24) is 15.0 Å². The molecule has 0 aliphatic rings. The van der Waals surface area contributed by atoms with Crippen LogP contribution in [0.15, 0.2) is 189 Å². The standard InChI is InChI=1S/C51H29N3O3/c1-2-12-30(13-3-1)49-52-50(54-51(53-49)40-19-11-23-44-48(40)39-17-7-9-21-42(39)56-44)32-25-27-36-35-26-24-31(28-45(35)57-46(36)29-32)33-14-4-5-15-34(33)37-18-10-22-43-47(37)38-16-6-8-20-41(38)55-43/h1-29H. The summed E-state index contributed by atoms with van der Waals surface area (Å²) >= 11 is 0. The van der Waals surface area contributed by atoms with Crippen LogP contribution in [0.2, 0.25) is 0 Å². The van der Waals surface area contributed by atoms with Gasteiger partial charge in [0.05, 0.1) is 0 Å². The van der Waals surface area contributed by atoms with Crippen LogP contribution in [-0.2, 0) is 0 Å². The molecule has 4 heterocycles. The van der Waals surface area contributed by atoms with Gasteiger partial charge in [-0.1, -0.05) is 127 Å². The summed E-state index contributed by atoms with van der Waals surface area (Å²) in [5.41, 5.74) is 12.0. The normalized spacial score (nSPS) is 11.9. The molecule has 0 bridgehead atoms. The molecule has 0 aliphatic carbocycles.